The third kappa shape index (κ3) is 5.07. The van der Waals surface area contributed by atoms with E-state index in [1.54, 1.807) is 24.3 Å². The van der Waals surface area contributed by atoms with Crippen molar-refractivity contribution in [2.45, 2.75) is 25.9 Å². The molecule has 7 nitrogen and oxygen atoms in total. The molecule has 0 aromatic heterocycles. The Morgan fingerprint density at radius 3 is 2.45 bits per heavy atom. The minimum Gasteiger partial charge on any atom is -0.481 e. The zero-order valence-electron chi connectivity index (χ0n) is 10.8. The number of ether oxygens (including phenoxy) is 1. The fourth-order valence-electron chi connectivity index (χ4n) is 1.56. The quantitative estimate of drug-likeness (QED) is 0.496. The Labute approximate surface area is 115 Å². The molecule has 0 saturated carbocycles. The van der Waals surface area contributed by atoms with Gasteiger partial charge in [0.25, 0.3) is 0 Å². The summed E-state index contributed by atoms with van der Waals surface area (Å²) in [6.45, 7) is 1.34. The van der Waals surface area contributed by atoms with Gasteiger partial charge in [0.1, 0.15) is 11.8 Å². The first kappa shape index (κ1) is 15.6. The minimum absolute atomic E-state index is 0.0771. The van der Waals surface area contributed by atoms with Crippen molar-refractivity contribution < 1.29 is 29.3 Å². The second-order valence-electron chi connectivity index (χ2n) is 4.07. The highest BCUT2D eigenvalue weighted by Gasteiger charge is 2.20. The topological polar surface area (TPSA) is 113 Å². The summed E-state index contributed by atoms with van der Waals surface area (Å²) in [6, 6.07) is 5.40. The molecule has 1 rings (SSSR count). The number of hydrogen-bond acceptors (Lipinski definition) is 5. The number of carbonyl (C=O) groups is 3. The average molecular weight is 281 g/mol. The van der Waals surface area contributed by atoms with Crippen LogP contribution in [0.1, 0.15) is 18.9 Å². The van der Waals surface area contributed by atoms with E-state index in [-0.39, 0.29) is 6.54 Å². The number of aliphatic carboxylic acids is 2. The molecule has 20 heavy (non-hydrogen) atoms. The van der Waals surface area contributed by atoms with Crippen LogP contribution in [0, 0.1) is 0 Å². The SMILES string of the molecule is CC(=O)Oc1ccccc1CNC(CC(=O)O)C(=O)O. The molecule has 3 N–H and O–H groups in total. The number of esters is 1. The van der Waals surface area contributed by atoms with Gasteiger partial charge in [0.15, 0.2) is 0 Å². The molecule has 0 spiro atoms. The molecule has 0 saturated heterocycles. The molecule has 0 aliphatic heterocycles. The lowest BCUT2D eigenvalue weighted by atomic mass is 10.1. The van der Waals surface area contributed by atoms with E-state index in [1.807, 2.05) is 0 Å². The van der Waals surface area contributed by atoms with Crippen molar-refractivity contribution in [3.8, 4) is 5.75 Å². The van der Waals surface area contributed by atoms with Crippen molar-refractivity contribution in [3.63, 3.8) is 0 Å². The van der Waals surface area contributed by atoms with Crippen LogP contribution in [0.5, 0.6) is 5.75 Å². The molecule has 1 atom stereocenters. The van der Waals surface area contributed by atoms with Crippen molar-refractivity contribution in [2.75, 3.05) is 0 Å². The maximum absolute atomic E-state index is 10.9. The first-order chi connectivity index (χ1) is 9.40. The molecule has 0 heterocycles. The van der Waals surface area contributed by atoms with Crippen molar-refractivity contribution in [2.24, 2.45) is 0 Å². The molecule has 0 fully saturated rings. The van der Waals surface area contributed by atoms with Crippen LogP contribution in [0.3, 0.4) is 0 Å². The van der Waals surface area contributed by atoms with Crippen LogP contribution in [-0.4, -0.2) is 34.2 Å². The van der Waals surface area contributed by atoms with Gasteiger partial charge >= 0.3 is 17.9 Å². The van der Waals surface area contributed by atoms with E-state index < -0.39 is 30.4 Å². The van der Waals surface area contributed by atoms with E-state index in [0.29, 0.717) is 11.3 Å². The summed E-state index contributed by atoms with van der Waals surface area (Å²) >= 11 is 0. The van der Waals surface area contributed by atoms with E-state index in [1.165, 1.54) is 6.92 Å². The van der Waals surface area contributed by atoms with E-state index in [9.17, 15) is 14.4 Å². The molecule has 0 aliphatic carbocycles. The number of hydrogen-bond donors (Lipinski definition) is 3. The predicted molar refractivity (Wildman–Crippen MR) is 68.3 cm³/mol. The Morgan fingerprint density at radius 1 is 1.25 bits per heavy atom. The van der Waals surface area contributed by atoms with Gasteiger partial charge in [0, 0.05) is 19.0 Å². The fourth-order valence-corrected chi connectivity index (χ4v) is 1.56. The third-order valence-electron chi connectivity index (χ3n) is 2.44. The lowest BCUT2D eigenvalue weighted by Gasteiger charge is -2.14. The maximum atomic E-state index is 10.9. The Hall–Kier alpha value is -2.41. The van der Waals surface area contributed by atoms with Crippen LogP contribution in [-0.2, 0) is 20.9 Å². The van der Waals surface area contributed by atoms with Crippen LogP contribution in [0.4, 0.5) is 0 Å². The van der Waals surface area contributed by atoms with Gasteiger partial charge in [-0.25, -0.2) is 0 Å². The van der Waals surface area contributed by atoms with Crippen LogP contribution < -0.4 is 10.1 Å². The zero-order chi connectivity index (χ0) is 15.1. The standard InChI is InChI=1S/C13H15NO6/c1-8(15)20-11-5-3-2-4-9(11)7-14-10(13(18)19)6-12(16)17/h2-5,10,14H,6-7H2,1H3,(H,16,17)(H,18,19). The highest BCUT2D eigenvalue weighted by atomic mass is 16.5. The molecule has 0 bridgehead atoms. The Kier molecular flexibility index (Phi) is 5.67. The maximum Gasteiger partial charge on any atom is 0.321 e. The molecular formula is C13H15NO6. The summed E-state index contributed by atoms with van der Waals surface area (Å²) in [4.78, 5) is 32.4. The average Bonchev–Trinajstić information content (AvgIpc) is 2.34. The first-order valence-electron chi connectivity index (χ1n) is 5.84. The fraction of sp³-hybridized carbons (Fsp3) is 0.308. The minimum atomic E-state index is -1.25. The second kappa shape index (κ2) is 7.25. The predicted octanol–water partition coefficient (Wildman–Crippen LogP) is 0.629. The number of carboxylic acids is 2. The number of rotatable bonds is 7. The lowest BCUT2D eigenvalue weighted by molar-refractivity contribution is -0.146. The second-order valence-corrected chi connectivity index (χ2v) is 4.07. The van der Waals surface area contributed by atoms with Crippen molar-refractivity contribution in [3.05, 3.63) is 29.8 Å². The normalized spacial score (nSPS) is 11.7. The van der Waals surface area contributed by atoms with Gasteiger partial charge in [-0.05, 0) is 6.07 Å². The molecule has 1 aromatic rings. The van der Waals surface area contributed by atoms with Gasteiger partial charge < -0.3 is 14.9 Å². The monoisotopic (exact) mass is 281 g/mol. The smallest absolute Gasteiger partial charge is 0.321 e. The number of nitrogens with one attached hydrogen (secondary N) is 1. The summed E-state index contributed by atoms with van der Waals surface area (Å²) in [7, 11) is 0. The summed E-state index contributed by atoms with van der Waals surface area (Å²) in [6.07, 6.45) is -0.537. The summed E-state index contributed by atoms with van der Waals surface area (Å²) < 4.78 is 4.98. The molecule has 1 aromatic carbocycles. The van der Waals surface area contributed by atoms with Gasteiger partial charge in [-0.3, -0.25) is 19.7 Å². The molecule has 1 unspecified atom stereocenters. The van der Waals surface area contributed by atoms with Crippen LogP contribution in [0.15, 0.2) is 24.3 Å². The highest BCUT2D eigenvalue weighted by molar-refractivity contribution is 5.80. The number of carboxylic acid groups (broad SMARTS) is 2. The highest BCUT2D eigenvalue weighted by Crippen LogP contribution is 2.18. The number of benzene rings is 1. The van der Waals surface area contributed by atoms with Crippen molar-refractivity contribution in [1.82, 2.24) is 5.32 Å². The molecule has 0 radical (unpaired) electrons. The van der Waals surface area contributed by atoms with Crippen LogP contribution in [0.2, 0.25) is 0 Å². The van der Waals surface area contributed by atoms with Crippen LogP contribution in [0.25, 0.3) is 0 Å². The van der Waals surface area contributed by atoms with E-state index in [0.717, 1.165) is 0 Å². The number of carbonyl (C=O) groups excluding carboxylic acids is 1. The van der Waals surface area contributed by atoms with Gasteiger partial charge in [0.2, 0.25) is 0 Å². The largest absolute Gasteiger partial charge is 0.481 e. The van der Waals surface area contributed by atoms with Crippen molar-refractivity contribution in [1.29, 1.82) is 0 Å². The molecule has 0 aliphatic rings. The Morgan fingerprint density at radius 2 is 1.90 bits per heavy atom. The summed E-state index contributed by atoms with van der Waals surface area (Å²) in [5.41, 5.74) is 0.569. The summed E-state index contributed by atoms with van der Waals surface area (Å²) in [5, 5.41) is 20.1. The Bertz CT molecular complexity index is 513. The van der Waals surface area contributed by atoms with Gasteiger partial charge in [-0.2, -0.15) is 0 Å². The molecule has 108 valence electrons. The van der Waals surface area contributed by atoms with E-state index >= 15 is 0 Å². The first-order valence-corrected chi connectivity index (χ1v) is 5.84. The molecule has 7 heteroatoms. The lowest BCUT2D eigenvalue weighted by Crippen LogP contribution is -2.38. The van der Waals surface area contributed by atoms with E-state index in [4.69, 9.17) is 14.9 Å². The summed E-state index contributed by atoms with van der Waals surface area (Å²) in [5.74, 6) is -2.64. The van der Waals surface area contributed by atoms with Crippen molar-refractivity contribution >= 4 is 17.9 Å². The van der Waals surface area contributed by atoms with Crippen LogP contribution >= 0.6 is 0 Å². The van der Waals surface area contributed by atoms with E-state index in [2.05, 4.69) is 5.32 Å². The van der Waals surface area contributed by atoms with Gasteiger partial charge in [-0.1, -0.05) is 18.2 Å². The van der Waals surface area contributed by atoms with Gasteiger partial charge in [-0.15, -0.1) is 0 Å². The zero-order valence-corrected chi connectivity index (χ0v) is 10.8. The molecular weight excluding hydrogens is 266 g/mol. The van der Waals surface area contributed by atoms with Gasteiger partial charge in [0.05, 0.1) is 6.42 Å². The molecule has 0 amide bonds. The Balaban J connectivity index is 2.74. The number of para-hydroxylation sites is 1. The third-order valence-corrected chi connectivity index (χ3v) is 2.44.